The van der Waals surface area contributed by atoms with E-state index < -0.39 is 0 Å². The number of pyridine rings is 1. The van der Waals surface area contributed by atoms with Crippen molar-refractivity contribution < 1.29 is 4.79 Å². The fourth-order valence-electron chi connectivity index (χ4n) is 1.18. The molecular formula is C10H15ClN4O. The SMILES string of the molecule is CCNC(=O)CCNc1ncc(Cl)cc1N. The van der Waals surface area contributed by atoms with Crippen LogP contribution in [0.4, 0.5) is 11.5 Å². The van der Waals surface area contributed by atoms with E-state index in [9.17, 15) is 4.79 Å². The molecule has 1 aromatic heterocycles. The smallest absolute Gasteiger partial charge is 0.221 e. The van der Waals surface area contributed by atoms with Crippen LogP contribution < -0.4 is 16.4 Å². The van der Waals surface area contributed by atoms with Crippen LogP contribution in [-0.4, -0.2) is 24.0 Å². The fourth-order valence-corrected chi connectivity index (χ4v) is 1.35. The van der Waals surface area contributed by atoms with Crippen LogP contribution in [0.2, 0.25) is 5.02 Å². The van der Waals surface area contributed by atoms with Crippen LogP contribution in [0.15, 0.2) is 12.3 Å². The molecule has 0 fully saturated rings. The molecule has 0 aliphatic heterocycles. The highest BCUT2D eigenvalue weighted by atomic mass is 35.5. The van der Waals surface area contributed by atoms with Crippen LogP contribution >= 0.6 is 11.6 Å². The highest BCUT2D eigenvalue weighted by Gasteiger charge is 2.02. The molecule has 0 bridgehead atoms. The van der Waals surface area contributed by atoms with Gasteiger partial charge in [-0.2, -0.15) is 0 Å². The van der Waals surface area contributed by atoms with E-state index in [1.165, 1.54) is 6.20 Å². The number of amides is 1. The lowest BCUT2D eigenvalue weighted by molar-refractivity contribution is -0.120. The molecule has 4 N–H and O–H groups in total. The molecule has 0 atom stereocenters. The molecule has 1 heterocycles. The van der Waals surface area contributed by atoms with Crippen molar-refractivity contribution in [2.75, 3.05) is 24.1 Å². The molecule has 0 unspecified atom stereocenters. The van der Waals surface area contributed by atoms with Gasteiger partial charge in [-0.15, -0.1) is 0 Å². The number of hydrogen-bond acceptors (Lipinski definition) is 4. The predicted octanol–water partition coefficient (Wildman–Crippen LogP) is 1.26. The number of nitrogens with zero attached hydrogens (tertiary/aromatic N) is 1. The number of carbonyl (C=O) groups is 1. The van der Waals surface area contributed by atoms with E-state index in [0.717, 1.165) is 0 Å². The Bertz CT molecular complexity index is 370. The number of anilines is 2. The number of hydrogen-bond donors (Lipinski definition) is 3. The summed E-state index contributed by atoms with van der Waals surface area (Å²) in [7, 11) is 0. The zero-order valence-corrected chi connectivity index (χ0v) is 9.84. The second kappa shape index (κ2) is 6.17. The molecule has 1 aromatic rings. The summed E-state index contributed by atoms with van der Waals surface area (Å²) in [5, 5.41) is 6.17. The minimum absolute atomic E-state index is 0.00235. The number of nitrogens with one attached hydrogen (secondary N) is 2. The Morgan fingerprint density at radius 1 is 1.62 bits per heavy atom. The van der Waals surface area contributed by atoms with Gasteiger partial charge >= 0.3 is 0 Å². The largest absolute Gasteiger partial charge is 0.396 e. The topological polar surface area (TPSA) is 80.0 Å². The van der Waals surface area contributed by atoms with Crippen LogP contribution in [0, 0.1) is 0 Å². The van der Waals surface area contributed by atoms with Crippen LogP contribution in [0.5, 0.6) is 0 Å². The van der Waals surface area contributed by atoms with Crippen LogP contribution in [0.1, 0.15) is 13.3 Å². The third-order valence-corrected chi connectivity index (χ3v) is 2.11. The minimum atomic E-state index is 0.00235. The van der Waals surface area contributed by atoms with Gasteiger partial charge in [0.25, 0.3) is 0 Å². The van der Waals surface area contributed by atoms with Crippen molar-refractivity contribution in [3.8, 4) is 0 Å². The Morgan fingerprint density at radius 2 is 2.38 bits per heavy atom. The maximum absolute atomic E-state index is 11.1. The first-order valence-corrected chi connectivity index (χ1v) is 5.43. The lowest BCUT2D eigenvalue weighted by Crippen LogP contribution is -2.25. The van der Waals surface area contributed by atoms with E-state index in [-0.39, 0.29) is 5.91 Å². The van der Waals surface area contributed by atoms with Crippen molar-refractivity contribution in [1.29, 1.82) is 0 Å². The molecule has 0 aliphatic rings. The third kappa shape index (κ3) is 3.94. The Kier molecular flexibility index (Phi) is 4.85. The maximum Gasteiger partial charge on any atom is 0.221 e. The molecule has 1 amide bonds. The standard InChI is InChI=1S/C10H15ClN4O/c1-2-13-9(16)3-4-14-10-8(12)5-7(11)6-15-10/h5-6H,2-4,12H2,1H3,(H,13,16)(H,14,15). The number of halogens is 1. The fraction of sp³-hybridized carbons (Fsp3) is 0.400. The summed E-state index contributed by atoms with van der Waals surface area (Å²) in [5.41, 5.74) is 6.16. The van der Waals surface area contributed by atoms with Crippen molar-refractivity contribution in [3.63, 3.8) is 0 Å². The van der Waals surface area contributed by atoms with Gasteiger partial charge in [0.15, 0.2) is 0 Å². The molecule has 0 saturated carbocycles. The number of nitrogens with two attached hydrogens (primary N) is 1. The van der Waals surface area contributed by atoms with Gasteiger partial charge in [0, 0.05) is 25.7 Å². The summed E-state index contributed by atoms with van der Waals surface area (Å²) in [6, 6.07) is 1.61. The lowest BCUT2D eigenvalue weighted by atomic mass is 10.3. The van der Waals surface area contributed by atoms with E-state index >= 15 is 0 Å². The Hall–Kier alpha value is -1.49. The summed E-state index contributed by atoms with van der Waals surface area (Å²) in [6.07, 6.45) is 1.89. The van der Waals surface area contributed by atoms with Crippen LogP contribution in [0.3, 0.4) is 0 Å². The normalized spacial score (nSPS) is 9.88. The molecule has 0 saturated heterocycles. The summed E-state index contributed by atoms with van der Waals surface area (Å²) in [5.74, 6) is 0.552. The lowest BCUT2D eigenvalue weighted by Gasteiger charge is -2.08. The van der Waals surface area contributed by atoms with E-state index in [0.29, 0.717) is 36.0 Å². The van der Waals surface area contributed by atoms with Crippen LogP contribution in [-0.2, 0) is 4.79 Å². The molecule has 0 aliphatic carbocycles. The van der Waals surface area contributed by atoms with Crippen molar-refractivity contribution >= 4 is 29.0 Å². The maximum atomic E-state index is 11.1. The monoisotopic (exact) mass is 242 g/mol. The summed E-state index contributed by atoms with van der Waals surface area (Å²) in [6.45, 7) is 3.01. The first-order valence-electron chi connectivity index (χ1n) is 5.05. The van der Waals surface area contributed by atoms with Gasteiger partial charge in [0.05, 0.1) is 10.7 Å². The Morgan fingerprint density at radius 3 is 3.00 bits per heavy atom. The van der Waals surface area contributed by atoms with Gasteiger partial charge in [-0.25, -0.2) is 4.98 Å². The first kappa shape index (κ1) is 12.6. The van der Waals surface area contributed by atoms with E-state index in [4.69, 9.17) is 17.3 Å². The first-order chi connectivity index (χ1) is 7.63. The Balaban J connectivity index is 2.40. The Labute approximate surface area is 99.4 Å². The zero-order valence-electron chi connectivity index (χ0n) is 9.09. The van der Waals surface area contributed by atoms with Gasteiger partial charge in [-0.1, -0.05) is 11.6 Å². The molecule has 6 heteroatoms. The van der Waals surface area contributed by atoms with Crippen molar-refractivity contribution in [1.82, 2.24) is 10.3 Å². The van der Waals surface area contributed by atoms with Gasteiger partial charge in [-0.05, 0) is 13.0 Å². The highest BCUT2D eigenvalue weighted by Crippen LogP contribution is 2.18. The van der Waals surface area contributed by atoms with Crippen LogP contribution in [0.25, 0.3) is 0 Å². The second-order valence-corrected chi connectivity index (χ2v) is 3.66. The van der Waals surface area contributed by atoms with Crippen molar-refractivity contribution in [3.05, 3.63) is 17.3 Å². The second-order valence-electron chi connectivity index (χ2n) is 3.22. The number of rotatable bonds is 5. The molecule has 16 heavy (non-hydrogen) atoms. The predicted molar refractivity (Wildman–Crippen MR) is 65.4 cm³/mol. The van der Waals surface area contributed by atoms with Gasteiger partial charge < -0.3 is 16.4 Å². The molecule has 88 valence electrons. The van der Waals surface area contributed by atoms with Crippen molar-refractivity contribution in [2.45, 2.75) is 13.3 Å². The van der Waals surface area contributed by atoms with E-state index in [2.05, 4.69) is 15.6 Å². The summed E-state index contributed by atoms with van der Waals surface area (Å²) in [4.78, 5) is 15.2. The summed E-state index contributed by atoms with van der Waals surface area (Å²) < 4.78 is 0. The van der Waals surface area contributed by atoms with E-state index in [1.807, 2.05) is 6.92 Å². The molecule has 0 aromatic carbocycles. The minimum Gasteiger partial charge on any atom is -0.396 e. The third-order valence-electron chi connectivity index (χ3n) is 1.90. The molecule has 0 spiro atoms. The zero-order chi connectivity index (χ0) is 12.0. The molecule has 5 nitrogen and oxygen atoms in total. The molecule has 1 rings (SSSR count). The molecule has 0 radical (unpaired) electrons. The van der Waals surface area contributed by atoms with Gasteiger partial charge in [-0.3, -0.25) is 4.79 Å². The highest BCUT2D eigenvalue weighted by molar-refractivity contribution is 6.30. The van der Waals surface area contributed by atoms with Gasteiger partial charge in [0.2, 0.25) is 5.91 Å². The number of nitrogen functional groups attached to an aromatic ring is 1. The van der Waals surface area contributed by atoms with Crippen molar-refractivity contribution in [2.24, 2.45) is 0 Å². The average molecular weight is 243 g/mol. The number of carbonyl (C=O) groups excluding carboxylic acids is 1. The molecular weight excluding hydrogens is 228 g/mol. The van der Waals surface area contributed by atoms with Gasteiger partial charge in [0.1, 0.15) is 5.82 Å². The quantitative estimate of drug-likeness (QED) is 0.726. The summed E-state index contributed by atoms with van der Waals surface area (Å²) >= 11 is 5.71. The average Bonchev–Trinajstić information content (AvgIpc) is 2.22. The van der Waals surface area contributed by atoms with E-state index in [1.54, 1.807) is 6.07 Å². The number of aromatic nitrogens is 1.